The van der Waals surface area contributed by atoms with Gasteiger partial charge in [0, 0.05) is 11.6 Å². The van der Waals surface area contributed by atoms with Crippen LogP contribution in [0.2, 0.25) is 0 Å². The highest BCUT2D eigenvalue weighted by atomic mass is 32.2. The van der Waals surface area contributed by atoms with Gasteiger partial charge in [-0.05, 0) is 30.1 Å². The summed E-state index contributed by atoms with van der Waals surface area (Å²) in [6, 6.07) is 9.32. The lowest BCUT2D eigenvalue weighted by molar-refractivity contribution is 0.485. The summed E-state index contributed by atoms with van der Waals surface area (Å²) in [4.78, 5) is 0. The average Bonchev–Trinajstić information content (AvgIpc) is 3.45. The van der Waals surface area contributed by atoms with Crippen molar-refractivity contribution >= 4 is 34.9 Å². The molecule has 5 nitrogen and oxygen atoms in total. The third-order valence-corrected chi connectivity index (χ3v) is 8.35. The van der Waals surface area contributed by atoms with Crippen molar-refractivity contribution in [3.05, 3.63) is 34.8 Å². The van der Waals surface area contributed by atoms with Gasteiger partial charge in [-0.15, -0.1) is 20.4 Å². The molecule has 8 heteroatoms. The third kappa shape index (κ3) is 4.70. The van der Waals surface area contributed by atoms with Crippen LogP contribution in [-0.2, 0) is 11.2 Å². The van der Waals surface area contributed by atoms with Gasteiger partial charge in [0.2, 0.25) is 0 Å². The molecule has 0 aliphatic heterocycles. The Kier molecular flexibility index (Phi) is 6.32. The molecule has 1 aromatic carbocycles. The van der Waals surface area contributed by atoms with Crippen LogP contribution in [0.25, 0.3) is 11.4 Å². The van der Waals surface area contributed by atoms with Crippen LogP contribution in [0, 0.1) is 0 Å². The molecule has 3 aromatic rings. The first kappa shape index (κ1) is 20.9. The summed E-state index contributed by atoms with van der Waals surface area (Å²) in [5.41, 5.74) is 2.63. The molecule has 0 N–H and O–H groups in total. The Bertz CT molecular complexity index is 950. The van der Waals surface area contributed by atoms with Gasteiger partial charge in [-0.1, -0.05) is 92.7 Å². The normalized spacial score (nSPS) is 15.3. The lowest BCUT2D eigenvalue weighted by Crippen LogP contribution is -2.11. The van der Waals surface area contributed by atoms with Gasteiger partial charge in [0.1, 0.15) is 5.01 Å². The van der Waals surface area contributed by atoms with Gasteiger partial charge >= 0.3 is 0 Å². The molecule has 0 radical (unpaired) electrons. The molecule has 0 bridgehead atoms. The van der Waals surface area contributed by atoms with Crippen LogP contribution in [0.3, 0.4) is 0 Å². The smallest absolute Gasteiger partial charge is 0.192 e. The van der Waals surface area contributed by atoms with Crippen molar-refractivity contribution in [1.82, 2.24) is 25.0 Å². The first-order chi connectivity index (χ1) is 14.0. The van der Waals surface area contributed by atoms with E-state index in [0.29, 0.717) is 6.04 Å². The molecule has 2 heterocycles. The van der Waals surface area contributed by atoms with Crippen LogP contribution < -0.4 is 0 Å². The molecular formula is C21H27N5S3. The molecule has 1 aliphatic carbocycles. The van der Waals surface area contributed by atoms with Gasteiger partial charge in [0.15, 0.2) is 15.3 Å². The Morgan fingerprint density at radius 1 is 1.03 bits per heavy atom. The van der Waals surface area contributed by atoms with E-state index in [4.69, 9.17) is 0 Å². The predicted molar refractivity (Wildman–Crippen MR) is 123 cm³/mol. The van der Waals surface area contributed by atoms with E-state index in [-0.39, 0.29) is 5.41 Å². The summed E-state index contributed by atoms with van der Waals surface area (Å²) in [7, 11) is 0. The van der Waals surface area contributed by atoms with Crippen LogP contribution in [0.5, 0.6) is 0 Å². The van der Waals surface area contributed by atoms with Crippen molar-refractivity contribution in [2.45, 2.75) is 73.2 Å². The number of benzene rings is 1. The summed E-state index contributed by atoms with van der Waals surface area (Å²) in [5, 5.41) is 19.7. The summed E-state index contributed by atoms with van der Waals surface area (Å²) < 4.78 is 3.39. The van der Waals surface area contributed by atoms with Crippen LogP contribution in [0.1, 0.15) is 63.1 Å². The zero-order valence-corrected chi connectivity index (χ0v) is 19.8. The van der Waals surface area contributed by atoms with Crippen molar-refractivity contribution in [3.8, 4) is 11.4 Å². The van der Waals surface area contributed by atoms with Crippen molar-refractivity contribution in [2.24, 2.45) is 0 Å². The van der Waals surface area contributed by atoms with E-state index in [1.165, 1.54) is 31.2 Å². The Labute approximate surface area is 185 Å². The quantitative estimate of drug-likeness (QED) is 0.420. The highest BCUT2D eigenvalue weighted by Gasteiger charge is 2.25. The number of aromatic nitrogens is 5. The Hall–Kier alpha value is -1.38. The first-order valence-electron chi connectivity index (χ1n) is 10.0. The van der Waals surface area contributed by atoms with Crippen molar-refractivity contribution in [1.29, 1.82) is 0 Å². The minimum Gasteiger partial charge on any atom is -0.299 e. The molecule has 0 saturated heterocycles. The molecule has 1 fully saturated rings. The molecule has 154 valence electrons. The second-order valence-electron chi connectivity index (χ2n) is 8.40. The number of thioether (sulfide) groups is 2. The number of hydrogen-bond donors (Lipinski definition) is 0. The Morgan fingerprint density at radius 2 is 1.76 bits per heavy atom. The van der Waals surface area contributed by atoms with E-state index >= 15 is 0 Å². The Balaban J connectivity index is 1.62. The largest absolute Gasteiger partial charge is 0.299 e. The highest BCUT2D eigenvalue weighted by Crippen LogP contribution is 2.38. The second kappa shape index (κ2) is 8.78. The lowest BCUT2D eigenvalue weighted by Gasteiger charge is -2.20. The van der Waals surface area contributed by atoms with Crippen molar-refractivity contribution in [3.63, 3.8) is 0 Å². The van der Waals surface area contributed by atoms with Crippen molar-refractivity contribution < 1.29 is 0 Å². The summed E-state index contributed by atoms with van der Waals surface area (Å²) in [6.07, 6.45) is 7.00. The average molecular weight is 446 g/mol. The van der Waals surface area contributed by atoms with E-state index in [1.54, 1.807) is 34.9 Å². The number of hydrogen-bond acceptors (Lipinski definition) is 7. The molecule has 0 unspecified atom stereocenters. The van der Waals surface area contributed by atoms with E-state index in [0.717, 1.165) is 31.6 Å². The predicted octanol–water partition coefficient (Wildman–Crippen LogP) is 6.22. The molecular weight excluding hydrogens is 418 g/mol. The molecule has 0 amide bonds. The molecule has 4 rings (SSSR count). The highest BCUT2D eigenvalue weighted by molar-refractivity contribution is 8.00. The van der Waals surface area contributed by atoms with Gasteiger partial charge in [0.05, 0.1) is 5.75 Å². The number of nitrogens with zero attached hydrogens (tertiary/aromatic N) is 5. The van der Waals surface area contributed by atoms with Gasteiger partial charge in [0.25, 0.3) is 0 Å². The van der Waals surface area contributed by atoms with Gasteiger partial charge in [-0.3, -0.25) is 4.57 Å². The summed E-state index contributed by atoms with van der Waals surface area (Å²) >= 11 is 5.02. The van der Waals surface area contributed by atoms with Crippen LogP contribution >= 0.6 is 34.9 Å². The van der Waals surface area contributed by atoms with Gasteiger partial charge in [-0.2, -0.15) is 0 Å². The molecule has 1 saturated carbocycles. The van der Waals surface area contributed by atoms with E-state index in [2.05, 4.69) is 70.0 Å². The summed E-state index contributed by atoms with van der Waals surface area (Å²) in [6.45, 7) is 6.73. The monoisotopic (exact) mass is 445 g/mol. The van der Waals surface area contributed by atoms with E-state index in [1.807, 2.05) is 6.26 Å². The lowest BCUT2D eigenvalue weighted by atomic mass is 9.86. The molecule has 0 spiro atoms. The standard InChI is InChI=1S/C21H27N5S3/c1-21(2,3)15-11-9-14(10-12-15)18-23-24-19(26(18)16-7-5-6-8-16)28-13-17-22-25-20(27-4)29-17/h9-12,16H,5-8,13H2,1-4H3. The van der Waals surface area contributed by atoms with E-state index in [9.17, 15) is 0 Å². The van der Waals surface area contributed by atoms with Crippen LogP contribution in [0.4, 0.5) is 0 Å². The SMILES string of the molecule is CSc1nnc(CSc2nnc(-c3ccc(C(C)(C)C)cc3)n2C2CCCC2)s1. The third-order valence-electron chi connectivity index (χ3n) is 5.31. The summed E-state index contributed by atoms with van der Waals surface area (Å²) in [5.74, 6) is 1.77. The molecule has 0 atom stereocenters. The maximum Gasteiger partial charge on any atom is 0.192 e. The molecule has 29 heavy (non-hydrogen) atoms. The zero-order valence-electron chi connectivity index (χ0n) is 17.4. The van der Waals surface area contributed by atoms with Gasteiger partial charge in [-0.25, -0.2) is 0 Å². The minimum atomic E-state index is 0.149. The fourth-order valence-corrected chi connectivity index (χ4v) is 5.99. The second-order valence-corrected chi connectivity index (χ2v) is 11.5. The molecule has 1 aliphatic rings. The van der Waals surface area contributed by atoms with Crippen LogP contribution in [-0.4, -0.2) is 31.2 Å². The fourth-order valence-electron chi connectivity index (χ4n) is 3.69. The first-order valence-corrected chi connectivity index (χ1v) is 13.0. The molecule has 2 aromatic heterocycles. The van der Waals surface area contributed by atoms with Crippen molar-refractivity contribution in [2.75, 3.05) is 6.26 Å². The fraction of sp³-hybridized carbons (Fsp3) is 0.524. The topological polar surface area (TPSA) is 56.5 Å². The van der Waals surface area contributed by atoms with Gasteiger partial charge < -0.3 is 0 Å². The number of rotatable bonds is 6. The minimum absolute atomic E-state index is 0.149. The maximum absolute atomic E-state index is 4.61. The van der Waals surface area contributed by atoms with E-state index < -0.39 is 0 Å². The maximum atomic E-state index is 4.61. The van der Waals surface area contributed by atoms with Crippen LogP contribution in [0.15, 0.2) is 33.8 Å². The Morgan fingerprint density at radius 3 is 2.38 bits per heavy atom. The zero-order chi connectivity index (χ0) is 20.4.